The second-order valence-corrected chi connectivity index (χ2v) is 11.1. The minimum Gasteiger partial charge on any atom is -0.398 e. The molecule has 2 saturated heterocycles. The molecule has 2 fully saturated rings. The highest BCUT2D eigenvalue weighted by Crippen LogP contribution is 2.39. The summed E-state index contributed by atoms with van der Waals surface area (Å²) >= 11 is 0. The maximum atomic E-state index is 13.3. The molecule has 2 aliphatic rings. The van der Waals surface area contributed by atoms with E-state index in [2.05, 4.69) is 41.2 Å². The van der Waals surface area contributed by atoms with Crippen molar-refractivity contribution in [3.05, 3.63) is 89.2 Å². The number of piperidine rings is 1. The van der Waals surface area contributed by atoms with Crippen LogP contribution in [-0.2, 0) is 0 Å². The van der Waals surface area contributed by atoms with E-state index in [1.807, 2.05) is 30.3 Å². The third-order valence-corrected chi connectivity index (χ3v) is 7.80. The summed E-state index contributed by atoms with van der Waals surface area (Å²) < 4.78 is 0. The summed E-state index contributed by atoms with van der Waals surface area (Å²) in [4.78, 5) is 20.2. The number of aliphatic hydroxyl groups excluding tert-OH is 1. The lowest BCUT2D eigenvalue weighted by molar-refractivity contribution is 0.0931. The van der Waals surface area contributed by atoms with Crippen molar-refractivity contribution < 1.29 is 9.90 Å². The molecule has 3 aromatic rings. The molecule has 0 spiro atoms. The van der Waals surface area contributed by atoms with Crippen LogP contribution in [0.1, 0.15) is 79.2 Å². The highest BCUT2D eigenvalue weighted by Gasteiger charge is 2.40. The molecule has 38 heavy (non-hydrogen) atoms. The largest absolute Gasteiger partial charge is 0.398 e. The average Bonchev–Trinajstić information content (AvgIpc) is 3.19. The van der Waals surface area contributed by atoms with Crippen LogP contribution in [0.25, 0.3) is 0 Å². The Hall–Kier alpha value is -3.71. The molecule has 3 atom stereocenters. The maximum absolute atomic E-state index is 13.3. The van der Waals surface area contributed by atoms with E-state index < -0.39 is 0 Å². The van der Waals surface area contributed by atoms with Gasteiger partial charge in [-0.3, -0.25) is 15.2 Å². The number of nitrogens with zero attached hydrogens (tertiary/aromatic N) is 2. The third kappa shape index (κ3) is 5.43. The number of amides is 1. The Morgan fingerprint density at radius 1 is 1.08 bits per heavy atom. The van der Waals surface area contributed by atoms with Crippen molar-refractivity contribution in [1.29, 1.82) is 5.41 Å². The smallest absolute Gasteiger partial charge is 0.251 e. The molecule has 7 nitrogen and oxygen atoms in total. The minimum atomic E-state index is -0.214. The topological polar surface area (TPSA) is 115 Å². The summed E-state index contributed by atoms with van der Waals surface area (Å²) in [6.45, 7) is 4.24. The predicted molar refractivity (Wildman–Crippen MR) is 152 cm³/mol. The molecule has 2 aliphatic heterocycles. The SMILES string of the molecule is CC(C)CC(NC(=O)c1ccc(N)c(C(=N)c2ccc(N3C4CCC3CC(O)C4)cc2)c1)c1ccccn1. The zero-order valence-electron chi connectivity index (χ0n) is 22.1. The van der Waals surface area contributed by atoms with E-state index in [0.29, 0.717) is 34.8 Å². The Morgan fingerprint density at radius 2 is 1.76 bits per heavy atom. The van der Waals surface area contributed by atoms with Crippen molar-refractivity contribution in [3.8, 4) is 0 Å². The van der Waals surface area contributed by atoms with Gasteiger partial charge in [-0.05, 0) is 80.5 Å². The molecular weight excluding hydrogens is 474 g/mol. The number of hydrogen-bond acceptors (Lipinski definition) is 6. The number of anilines is 2. The summed E-state index contributed by atoms with van der Waals surface area (Å²) in [5.41, 5.74) is 10.7. The van der Waals surface area contributed by atoms with Crippen LogP contribution < -0.4 is 16.0 Å². The molecule has 1 amide bonds. The number of nitrogens with two attached hydrogens (primary N) is 1. The van der Waals surface area contributed by atoms with Gasteiger partial charge in [0.05, 0.1) is 23.6 Å². The van der Waals surface area contributed by atoms with Gasteiger partial charge in [-0.1, -0.05) is 32.0 Å². The van der Waals surface area contributed by atoms with Gasteiger partial charge in [-0.2, -0.15) is 0 Å². The Balaban J connectivity index is 1.33. The third-order valence-electron chi connectivity index (χ3n) is 7.80. The Labute approximate surface area is 224 Å². The monoisotopic (exact) mass is 511 g/mol. The summed E-state index contributed by atoms with van der Waals surface area (Å²) in [7, 11) is 0. The van der Waals surface area contributed by atoms with E-state index in [1.165, 1.54) is 0 Å². The van der Waals surface area contributed by atoms with Crippen molar-refractivity contribution in [2.75, 3.05) is 10.6 Å². The average molecular weight is 512 g/mol. The van der Waals surface area contributed by atoms with Crippen LogP contribution >= 0.6 is 0 Å². The van der Waals surface area contributed by atoms with Gasteiger partial charge in [0.1, 0.15) is 0 Å². The lowest BCUT2D eigenvalue weighted by atomic mass is 9.96. The van der Waals surface area contributed by atoms with Crippen LogP contribution in [0.15, 0.2) is 66.9 Å². The fraction of sp³-hybridized carbons (Fsp3) is 0.387. The predicted octanol–water partition coefficient (Wildman–Crippen LogP) is 5.09. The number of nitrogen functional groups attached to an aromatic ring is 1. The van der Waals surface area contributed by atoms with Crippen molar-refractivity contribution in [1.82, 2.24) is 10.3 Å². The van der Waals surface area contributed by atoms with Crippen LogP contribution in [0.5, 0.6) is 0 Å². The zero-order chi connectivity index (χ0) is 26.8. The minimum absolute atomic E-state index is 0.201. The fourth-order valence-electron chi connectivity index (χ4n) is 5.99. The highest BCUT2D eigenvalue weighted by atomic mass is 16.3. The first kappa shape index (κ1) is 25.9. The molecule has 5 rings (SSSR count). The van der Waals surface area contributed by atoms with E-state index in [9.17, 15) is 9.90 Å². The van der Waals surface area contributed by atoms with Gasteiger partial charge in [0.25, 0.3) is 5.91 Å². The number of benzene rings is 2. The first-order valence-electron chi connectivity index (χ1n) is 13.6. The molecule has 5 N–H and O–H groups in total. The van der Waals surface area contributed by atoms with E-state index >= 15 is 0 Å². The van der Waals surface area contributed by atoms with Crippen LogP contribution in [0.3, 0.4) is 0 Å². The lowest BCUT2D eigenvalue weighted by Crippen LogP contribution is -2.44. The number of rotatable bonds is 8. The fourth-order valence-corrected chi connectivity index (χ4v) is 5.99. The van der Waals surface area contributed by atoms with Crippen LogP contribution in [0.4, 0.5) is 11.4 Å². The van der Waals surface area contributed by atoms with Gasteiger partial charge in [0.2, 0.25) is 0 Å². The van der Waals surface area contributed by atoms with Crippen molar-refractivity contribution >= 4 is 23.0 Å². The molecule has 7 heteroatoms. The standard InChI is InChI=1S/C31H37N5O2/c1-19(2)15-29(28-5-3-4-14-34-28)35-31(38)21-8-13-27(32)26(16-21)30(33)20-6-9-22(10-7-20)36-23-11-12-24(36)18-25(37)17-23/h3-10,13-14,16,19,23-25,29,33,37H,11-12,15,17-18,32H2,1-2H3,(H,35,38). The number of nitrogens with one attached hydrogen (secondary N) is 2. The van der Waals surface area contributed by atoms with Crippen molar-refractivity contribution in [3.63, 3.8) is 0 Å². The van der Waals surface area contributed by atoms with Gasteiger partial charge in [-0.15, -0.1) is 0 Å². The first-order chi connectivity index (χ1) is 18.3. The van der Waals surface area contributed by atoms with E-state index in [1.54, 1.807) is 24.4 Å². The molecule has 1 aromatic heterocycles. The van der Waals surface area contributed by atoms with Crippen LogP contribution in [0.2, 0.25) is 0 Å². The number of aromatic nitrogens is 1. The molecule has 198 valence electrons. The van der Waals surface area contributed by atoms with E-state index in [0.717, 1.165) is 49.0 Å². The number of hydrogen-bond donors (Lipinski definition) is 4. The molecule has 3 heterocycles. The summed E-state index contributed by atoms with van der Waals surface area (Å²) in [6, 6.07) is 19.4. The maximum Gasteiger partial charge on any atom is 0.251 e. The van der Waals surface area contributed by atoms with E-state index in [-0.39, 0.29) is 23.8 Å². The van der Waals surface area contributed by atoms with Crippen molar-refractivity contribution in [2.45, 2.75) is 70.2 Å². The molecule has 2 aromatic carbocycles. The molecule has 0 radical (unpaired) electrons. The van der Waals surface area contributed by atoms with Crippen LogP contribution in [-0.4, -0.2) is 39.9 Å². The zero-order valence-corrected chi connectivity index (χ0v) is 22.1. The molecule has 2 bridgehead atoms. The lowest BCUT2D eigenvalue weighted by Gasteiger charge is -2.39. The highest BCUT2D eigenvalue weighted by molar-refractivity contribution is 6.15. The Morgan fingerprint density at radius 3 is 2.39 bits per heavy atom. The second-order valence-electron chi connectivity index (χ2n) is 11.1. The summed E-state index contributed by atoms with van der Waals surface area (Å²) in [6.07, 6.45) is 6.17. The Bertz CT molecular complexity index is 1280. The molecule has 3 unspecified atom stereocenters. The number of fused-ring (bicyclic) bond motifs is 2. The number of pyridine rings is 1. The summed E-state index contributed by atoms with van der Waals surface area (Å²) in [5.74, 6) is 0.166. The molecule has 0 saturated carbocycles. The molecular formula is C31H37N5O2. The number of carbonyl (C=O) groups excluding carboxylic acids is 1. The second kappa shape index (κ2) is 11.0. The van der Waals surface area contributed by atoms with Gasteiger partial charge in [0.15, 0.2) is 0 Å². The number of aliphatic hydroxyl groups is 1. The van der Waals surface area contributed by atoms with Gasteiger partial charge < -0.3 is 21.1 Å². The normalized spacial score (nSPS) is 21.4. The summed E-state index contributed by atoms with van der Waals surface area (Å²) in [5, 5.41) is 22.1. The quantitative estimate of drug-likeness (QED) is 0.248. The number of carbonyl (C=O) groups is 1. The van der Waals surface area contributed by atoms with Gasteiger partial charge >= 0.3 is 0 Å². The van der Waals surface area contributed by atoms with Gasteiger partial charge in [0, 0.05) is 46.3 Å². The van der Waals surface area contributed by atoms with Gasteiger partial charge in [-0.25, -0.2) is 0 Å². The van der Waals surface area contributed by atoms with Crippen LogP contribution in [0, 0.1) is 11.3 Å². The Kier molecular flexibility index (Phi) is 7.47. The molecule has 0 aliphatic carbocycles. The van der Waals surface area contributed by atoms with Crippen molar-refractivity contribution in [2.24, 2.45) is 5.92 Å². The van der Waals surface area contributed by atoms with E-state index in [4.69, 9.17) is 11.1 Å². The first-order valence-corrected chi connectivity index (χ1v) is 13.6.